The van der Waals surface area contributed by atoms with E-state index in [1.165, 1.54) is 12.3 Å². The molecule has 8 heteroatoms. The summed E-state index contributed by atoms with van der Waals surface area (Å²) >= 11 is 12.0. The quantitative estimate of drug-likeness (QED) is 0.399. The highest BCUT2D eigenvalue weighted by Crippen LogP contribution is 2.29. The Kier molecular flexibility index (Phi) is 6.05. The lowest BCUT2D eigenvalue weighted by molar-refractivity contribution is -0.116. The predicted octanol–water partition coefficient (Wildman–Crippen LogP) is 5.56. The number of hydrogen-bond donors (Lipinski definition) is 1. The molecule has 0 fully saturated rings. The zero-order valence-electron chi connectivity index (χ0n) is 16.3. The maximum absolute atomic E-state index is 13.1. The number of hydrogen-bond acceptors (Lipinski definition) is 3. The van der Waals surface area contributed by atoms with Gasteiger partial charge in [-0.3, -0.25) is 4.79 Å². The predicted molar refractivity (Wildman–Crippen MR) is 124 cm³/mol. The first kappa shape index (κ1) is 21.4. The largest absolute Gasteiger partial charge is 0.337 e. The van der Waals surface area contributed by atoms with Crippen molar-refractivity contribution in [1.82, 2.24) is 4.57 Å². The van der Waals surface area contributed by atoms with Gasteiger partial charge in [0.25, 0.3) is 0 Å². The maximum Gasteiger partial charge on any atom is 0.244 e. The molecule has 0 aliphatic heterocycles. The Balaban J connectivity index is 1.64. The average molecular weight is 473 g/mol. The van der Waals surface area contributed by atoms with Gasteiger partial charge in [0, 0.05) is 22.1 Å². The molecule has 5 nitrogen and oxygen atoms in total. The fourth-order valence-electron chi connectivity index (χ4n) is 3.40. The number of carbonyl (C=O) groups excluding carboxylic acids is 1. The van der Waals surface area contributed by atoms with Crippen LogP contribution in [0.25, 0.3) is 10.9 Å². The van der Waals surface area contributed by atoms with Crippen LogP contribution in [0.1, 0.15) is 5.56 Å². The summed E-state index contributed by atoms with van der Waals surface area (Å²) in [6, 6.07) is 20.9. The van der Waals surface area contributed by atoms with Gasteiger partial charge in [-0.2, -0.15) is 0 Å². The van der Waals surface area contributed by atoms with Gasteiger partial charge >= 0.3 is 0 Å². The van der Waals surface area contributed by atoms with Crippen molar-refractivity contribution in [2.24, 2.45) is 0 Å². The van der Waals surface area contributed by atoms with Gasteiger partial charge in [0.2, 0.25) is 5.91 Å². The van der Waals surface area contributed by atoms with Crippen molar-refractivity contribution >= 4 is 55.5 Å². The number of amides is 1. The van der Waals surface area contributed by atoms with Gasteiger partial charge in [-0.25, -0.2) is 8.42 Å². The molecular formula is C23H18Cl2N2O3S. The third-order valence-electron chi connectivity index (χ3n) is 4.81. The number of aromatic nitrogens is 1. The number of benzene rings is 3. The molecule has 0 unspecified atom stereocenters. The second kappa shape index (κ2) is 8.75. The number of nitrogens with one attached hydrogen (secondary N) is 1. The average Bonchev–Trinajstić information content (AvgIpc) is 3.10. The standard InChI is InChI=1S/C23H18Cl2N2O3S/c24-17-10-11-20(19(25)12-17)26-23(28)14-27-13-22(18-8-4-5-9-21(18)27)31(29,30)15-16-6-2-1-3-7-16/h1-13H,14-15H2,(H,26,28). The fraction of sp³-hybridized carbons (Fsp3) is 0.0870. The summed E-state index contributed by atoms with van der Waals surface area (Å²) in [5.74, 6) is -0.453. The minimum atomic E-state index is -3.61. The summed E-state index contributed by atoms with van der Waals surface area (Å²) in [6.45, 7) is -0.0691. The molecule has 158 valence electrons. The first-order valence-electron chi connectivity index (χ1n) is 9.43. The molecule has 0 saturated heterocycles. The Morgan fingerprint density at radius 2 is 1.65 bits per heavy atom. The van der Waals surface area contributed by atoms with Crippen molar-refractivity contribution in [3.8, 4) is 0 Å². The number of nitrogens with zero attached hydrogens (tertiary/aromatic N) is 1. The zero-order chi connectivity index (χ0) is 22.0. The number of sulfone groups is 1. The molecule has 0 spiro atoms. The highest BCUT2D eigenvalue weighted by atomic mass is 35.5. The van der Waals surface area contributed by atoms with Crippen LogP contribution in [0.3, 0.4) is 0 Å². The Morgan fingerprint density at radius 1 is 0.935 bits per heavy atom. The number of fused-ring (bicyclic) bond motifs is 1. The minimum Gasteiger partial charge on any atom is -0.337 e. The second-order valence-corrected chi connectivity index (χ2v) is 9.86. The first-order valence-corrected chi connectivity index (χ1v) is 11.8. The SMILES string of the molecule is O=C(Cn1cc(S(=O)(=O)Cc2ccccc2)c2ccccc21)Nc1ccc(Cl)cc1Cl. The van der Waals surface area contributed by atoms with Crippen molar-refractivity contribution < 1.29 is 13.2 Å². The Morgan fingerprint density at radius 3 is 2.39 bits per heavy atom. The van der Waals surface area contributed by atoms with E-state index in [9.17, 15) is 13.2 Å². The molecule has 1 N–H and O–H groups in total. The summed E-state index contributed by atoms with van der Waals surface area (Å²) in [5.41, 5.74) is 1.80. The van der Waals surface area contributed by atoms with E-state index in [0.29, 0.717) is 32.2 Å². The molecule has 0 radical (unpaired) electrons. The first-order chi connectivity index (χ1) is 14.8. The lowest BCUT2D eigenvalue weighted by Gasteiger charge is -2.09. The Bertz CT molecular complexity index is 1370. The second-order valence-electron chi connectivity index (χ2n) is 7.06. The smallest absolute Gasteiger partial charge is 0.244 e. The van der Waals surface area contributed by atoms with Crippen LogP contribution in [0.4, 0.5) is 5.69 Å². The summed E-state index contributed by atoms with van der Waals surface area (Å²) in [6.07, 6.45) is 1.52. The van der Waals surface area contributed by atoms with Crippen molar-refractivity contribution in [2.45, 2.75) is 17.2 Å². The van der Waals surface area contributed by atoms with E-state index in [4.69, 9.17) is 23.2 Å². The summed E-state index contributed by atoms with van der Waals surface area (Å²) in [4.78, 5) is 12.8. The third-order valence-corrected chi connectivity index (χ3v) is 7.06. The van der Waals surface area contributed by atoms with E-state index in [-0.39, 0.29) is 23.1 Å². The van der Waals surface area contributed by atoms with Crippen LogP contribution >= 0.6 is 23.2 Å². The third kappa shape index (κ3) is 4.77. The van der Waals surface area contributed by atoms with Gasteiger partial charge < -0.3 is 9.88 Å². The minimum absolute atomic E-state index is 0.0691. The molecule has 0 aliphatic rings. The molecule has 3 aromatic carbocycles. The molecule has 0 atom stereocenters. The molecule has 0 saturated carbocycles. The van der Waals surface area contributed by atoms with Crippen LogP contribution in [0.2, 0.25) is 10.0 Å². The molecule has 0 bridgehead atoms. The number of para-hydroxylation sites is 1. The molecule has 0 aliphatic carbocycles. The highest BCUT2D eigenvalue weighted by molar-refractivity contribution is 7.90. The monoisotopic (exact) mass is 472 g/mol. The molecule has 4 rings (SSSR count). The van der Waals surface area contributed by atoms with Crippen LogP contribution in [-0.2, 0) is 26.9 Å². The van der Waals surface area contributed by atoms with E-state index in [1.807, 2.05) is 6.07 Å². The van der Waals surface area contributed by atoms with Gasteiger partial charge in [0.1, 0.15) is 6.54 Å². The highest BCUT2D eigenvalue weighted by Gasteiger charge is 2.22. The lowest BCUT2D eigenvalue weighted by atomic mass is 10.2. The Hall–Kier alpha value is -2.80. The molecule has 31 heavy (non-hydrogen) atoms. The van der Waals surface area contributed by atoms with Crippen molar-refractivity contribution in [1.29, 1.82) is 0 Å². The number of carbonyl (C=O) groups is 1. The maximum atomic E-state index is 13.1. The van der Waals surface area contributed by atoms with E-state index in [1.54, 1.807) is 65.2 Å². The number of anilines is 1. The van der Waals surface area contributed by atoms with E-state index < -0.39 is 9.84 Å². The number of rotatable bonds is 6. The van der Waals surface area contributed by atoms with E-state index in [0.717, 1.165) is 0 Å². The summed E-state index contributed by atoms with van der Waals surface area (Å²) in [7, 11) is -3.61. The molecule has 4 aromatic rings. The van der Waals surface area contributed by atoms with Gasteiger partial charge in [-0.1, -0.05) is 71.7 Å². The van der Waals surface area contributed by atoms with Crippen LogP contribution in [-0.4, -0.2) is 18.9 Å². The molecular weight excluding hydrogens is 455 g/mol. The van der Waals surface area contributed by atoms with Crippen molar-refractivity contribution in [2.75, 3.05) is 5.32 Å². The fourth-order valence-corrected chi connectivity index (χ4v) is 5.44. The molecule has 1 amide bonds. The summed E-state index contributed by atoms with van der Waals surface area (Å²) in [5, 5.41) is 4.11. The van der Waals surface area contributed by atoms with Crippen LogP contribution < -0.4 is 5.32 Å². The van der Waals surface area contributed by atoms with E-state index in [2.05, 4.69) is 5.32 Å². The van der Waals surface area contributed by atoms with Crippen LogP contribution in [0, 0.1) is 0 Å². The van der Waals surface area contributed by atoms with Crippen molar-refractivity contribution in [3.63, 3.8) is 0 Å². The lowest BCUT2D eigenvalue weighted by Crippen LogP contribution is -2.18. The van der Waals surface area contributed by atoms with Crippen molar-refractivity contribution in [3.05, 3.63) is 94.6 Å². The van der Waals surface area contributed by atoms with Gasteiger partial charge in [-0.15, -0.1) is 0 Å². The van der Waals surface area contributed by atoms with Crippen LogP contribution in [0.15, 0.2) is 83.9 Å². The number of halogens is 2. The normalized spacial score (nSPS) is 11.5. The summed E-state index contributed by atoms with van der Waals surface area (Å²) < 4.78 is 27.9. The Labute approximate surface area is 190 Å². The van der Waals surface area contributed by atoms with Gasteiger partial charge in [0.05, 0.1) is 21.4 Å². The topological polar surface area (TPSA) is 68.2 Å². The zero-order valence-corrected chi connectivity index (χ0v) is 18.6. The molecule has 1 aromatic heterocycles. The van der Waals surface area contributed by atoms with Crippen LogP contribution in [0.5, 0.6) is 0 Å². The van der Waals surface area contributed by atoms with Gasteiger partial charge in [0.15, 0.2) is 9.84 Å². The van der Waals surface area contributed by atoms with E-state index >= 15 is 0 Å². The van der Waals surface area contributed by atoms with Gasteiger partial charge in [-0.05, 0) is 29.8 Å². The molecule has 1 heterocycles.